The van der Waals surface area contributed by atoms with Crippen molar-refractivity contribution in [2.24, 2.45) is 0 Å². The zero-order valence-electron chi connectivity index (χ0n) is 15.6. The molecule has 30 heavy (non-hydrogen) atoms. The van der Waals surface area contributed by atoms with Crippen LogP contribution in [0.1, 0.15) is 5.56 Å². The Morgan fingerprint density at radius 3 is 2.63 bits per heavy atom. The number of thioether (sulfide) groups is 1. The van der Waals surface area contributed by atoms with E-state index in [-0.39, 0.29) is 18.2 Å². The van der Waals surface area contributed by atoms with Gasteiger partial charge in [0.1, 0.15) is 12.3 Å². The fourth-order valence-electron chi connectivity index (χ4n) is 2.88. The molecule has 10 heteroatoms. The lowest BCUT2D eigenvalue weighted by atomic mass is 10.1. The summed E-state index contributed by atoms with van der Waals surface area (Å²) in [6, 6.07) is 10.3. The Bertz CT molecular complexity index is 1070. The number of benzene rings is 2. The normalized spacial score (nSPS) is 16.3. The summed E-state index contributed by atoms with van der Waals surface area (Å²) in [5.74, 6) is 0.521. The highest BCUT2D eigenvalue weighted by Crippen LogP contribution is 2.40. The molecule has 1 saturated heterocycles. The Morgan fingerprint density at radius 1 is 1.23 bits per heavy atom. The molecule has 2 aromatic carbocycles. The maximum absolute atomic E-state index is 12.7. The molecule has 4 rings (SSSR count). The van der Waals surface area contributed by atoms with Gasteiger partial charge in [-0.3, -0.25) is 19.3 Å². The molecule has 2 aliphatic rings. The van der Waals surface area contributed by atoms with Crippen molar-refractivity contribution in [1.82, 2.24) is 4.90 Å². The second kappa shape index (κ2) is 8.41. The number of carbonyl (C=O) groups is 3. The van der Waals surface area contributed by atoms with Gasteiger partial charge in [-0.2, -0.15) is 0 Å². The largest absolute Gasteiger partial charge is 0.496 e. The average Bonchev–Trinajstić information content (AvgIpc) is 3.28. The fourth-order valence-corrected chi connectivity index (χ4v) is 3.98. The lowest BCUT2D eigenvalue weighted by Gasteiger charge is -2.12. The van der Waals surface area contributed by atoms with Gasteiger partial charge in [0, 0.05) is 21.8 Å². The molecular weight excluding hydrogens is 476 g/mol. The summed E-state index contributed by atoms with van der Waals surface area (Å²) in [4.78, 5) is 38.4. The zero-order valence-corrected chi connectivity index (χ0v) is 18.0. The van der Waals surface area contributed by atoms with Crippen molar-refractivity contribution in [3.8, 4) is 17.2 Å². The monoisotopic (exact) mass is 490 g/mol. The Hall–Kier alpha value is -2.98. The number of nitrogens with zero attached hydrogens (tertiary/aromatic N) is 1. The van der Waals surface area contributed by atoms with Crippen molar-refractivity contribution in [2.75, 3.05) is 25.8 Å². The molecule has 0 aliphatic carbocycles. The van der Waals surface area contributed by atoms with Crippen LogP contribution in [0.2, 0.25) is 0 Å². The van der Waals surface area contributed by atoms with Crippen molar-refractivity contribution < 1.29 is 28.6 Å². The van der Waals surface area contributed by atoms with Gasteiger partial charge in [-0.05, 0) is 48.2 Å². The molecule has 0 saturated carbocycles. The number of methoxy groups -OCH3 is 1. The molecule has 0 radical (unpaired) electrons. The number of carbonyl (C=O) groups excluding carboxylic acids is 3. The summed E-state index contributed by atoms with van der Waals surface area (Å²) in [7, 11) is 1.49. The summed E-state index contributed by atoms with van der Waals surface area (Å²) in [5, 5.41) is 2.15. The lowest BCUT2D eigenvalue weighted by molar-refractivity contribution is -0.127. The van der Waals surface area contributed by atoms with Crippen LogP contribution in [-0.2, 0) is 9.59 Å². The van der Waals surface area contributed by atoms with Crippen LogP contribution in [0.25, 0.3) is 6.08 Å². The Kier molecular flexibility index (Phi) is 5.69. The third-order valence-electron chi connectivity index (χ3n) is 4.31. The average molecular weight is 491 g/mol. The number of hydrogen-bond donors (Lipinski definition) is 1. The third-order valence-corrected chi connectivity index (χ3v) is 5.75. The number of rotatable bonds is 5. The van der Waals surface area contributed by atoms with Gasteiger partial charge in [0.2, 0.25) is 12.7 Å². The van der Waals surface area contributed by atoms with Crippen LogP contribution >= 0.6 is 27.7 Å². The highest BCUT2D eigenvalue weighted by molar-refractivity contribution is 9.10. The SMILES string of the molecule is COc1cc2c(cc1/C=C1/SC(=O)N(CC(=O)Nc3ccc(Br)cc3)C1=O)OCO2. The van der Waals surface area contributed by atoms with E-state index in [9.17, 15) is 14.4 Å². The van der Waals surface area contributed by atoms with Gasteiger partial charge in [0.25, 0.3) is 11.1 Å². The van der Waals surface area contributed by atoms with E-state index in [2.05, 4.69) is 21.2 Å². The van der Waals surface area contributed by atoms with Crippen LogP contribution < -0.4 is 19.5 Å². The Balaban J connectivity index is 1.50. The number of halogens is 1. The minimum Gasteiger partial charge on any atom is -0.496 e. The number of ether oxygens (including phenoxy) is 3. The molecule has 1 N–H and O–H groups in total. The molecule has 3 amide bonds. The summed E-state index contributed by atoms with van der Waals surface area (Å²) >= 11 is 4.08. The van der Waals surface area contributed by atoms with Crippen LogP contribution in [0, 0.1) is 0 Å². The standard InChI is InChI=1S/C20H15BrN2O6S/c1-27-14-8-16-15(28-10-29-16)6-11(14)7-17-19(25)23(20(26)30-17)9-18(24)22-13-4-2-12(21)3-5-13/h2-8H,9-10H2,1H3,(H,22,24)/b17-7+. The molecule has 2 aliphatic heterocycles. The number of imide groups is 1. The van der Waals surface area contributed by atoms with Crippen LogP contribution in [0.5, 0.6) is 17.2 Å². The van der Waals surface area contributed by atoms with Gasteiger partial charge < -0.3 is 19.5 Å². The number of fused-ring (bicyclic) bond motifs is 1. The minimum absolute atomic E-state index is 0.103. The molecule has 0 atom stereocenters. The number of amides is 3. The van der Waals surface area contributed by atoms with Crippen LogP contribution in [0.3, 0.4) is 0 Å². The van der Waals surface area contributed by atoms with E-state index in [0.717, 1.165) is 21.1 Å². The summed E-state index contributed by atoms with van der Waals surface area (Å²) in [6.45, 7) is -0.276. The molecular formula is C20H15BrN2O6S. The lowest BCUT2D eigenvalue weighted by Crippen LogP contribution is -2.36. The molecule has 2 heterocycles. The van der Waals surface area contributed by atoms with Gasteiger partial charge in [-0.1, -0.05) is 15.9 Å². The Labute approximate surface area is 184 Å². The van der Waals surface area contributed by atoms with E-state index in [1.807, 2.05) is 0 Å². The van der Waals surface area contributed by atoms with Crippen molar-refractivity contribution in [3.05, 3.63) is 51.3 Å². The highest BCUT2D eigenvalue weighted by atomic mass is 79.9. The Morgan fingerprint density at radius 2 is 1.93 bits per heavy atom. The van der Waals surface area contributed by atoms with Crippen molar-refractivity contribution in [1.29, 1.82) is 0 Å². The van der Waals surface area contributed by atoms with Crippen molar-refractivity contribution in [3.63, 3.8) is 0 Å². The first-order valence-electron chi connectivity index (χ1n) is 8.73. The maximum Gasteiger partial charge on any atom is 0.294 e. The molecule has 154 valence electrons. The van der Waals surface area contributed by atoms with E-state index >= 15 is 0 Å². The molecule has 0 spiro atoms. The number of hydrogen-bond acceptors (Lipinski definition) is 7. The molecule has 2 aromatic rings. The van der Waals surface area contributed by atoms with Crippen LogP contribution in [0.15, 0.2) is 45.8 Å². The first-order chi connectivity index (χ1) is 14.4. The van der Waals surface area contributed by atoms with E-state index < -0.39 is 17.1 Å². The summed E-state index contributed by atoms with van der Waals surface area (Å²) in [5.41, 5.74) is 1.13. The molecule has 0 bridgehead atoms. The highest BCUT2D eigenvalue weighted by Gasteiger charge is 2.36. The van der Waals surface area contributed by atoms with Gasteiger partial charge in [0.05, 0.1) is 12.0 Å². The summed E-state index contributed by atoms with van der Waals surface area (Å²) in [6.07, 6.45) is 1.54. The maximum atomic E-state index is 12.7. The first-order valence-corrected chi connectivity index (χ1v) is 10.3. The van der Waals surface area contributed by atoms with E-state index in [4.69, 9.17) is 14.2 Å². The van der Waals surface area contributed by atoms with Gasteiger partial charge >= 0.3 is 0 Å². The second-order valence-corrected chi connectivity index (χ2v) is 8.18. The van der Waals surface area contributed by atoms with Gasteiger partial charge in [-0.15, -0.1) is 0 Å². The van der Waals surface area contributed by atoms with E-state index in [1.54, 1.807) is 42.5 Å². The number of anilines is 1. The van der Waals surface area contributed by atoms with E-state index in [1.165, 1.54) is 7.11 Å². The molecule has 0 aromatic heterocycles. The third kappa shape index (κ3) is 4.14. The predicted molar refractivity (Wildman–Crippen MR) is 115 cm³/mol. The van der Waals surface area contributed by atoms with Gasteiger partial charge in [0.15, 0.2) is 11.5 Å². The fraction of sp³-hybridized carbons (Fsp3) is 0.150. The summed E-state index contributed by atoms with van der Waals surface area (Å²) < 4.78 is 16.9. The predicted octanol–water partition coefficient (Wildman–Crippen LogP) is 3.86. The number of nitrogens with one attached hydrogen (secondary N) is 1. The smallest absolute Gasteiger partial charge is 0.294 e. The van der Waals surface area contributed by atoms with Crippen molar-refractivity contribution in [2.45, 2.75) is 0 Å². The van der Waals surface area contributed by atoms with Crippen LogP contribution in [-0.4, -0.2) is 42.4 Å². The molecule has 8 nitrogen and oxygen atoms in total. The molecule has 0 unspecified atom stereocenters. The first kappa shape index (κ1) is 20.3. The van der Waals surface area contributed by atoms with Crippen molar-refractivity contribution >= 4 is 56.5 Å². The minimum atomic E-state index is -0.546. The topological polar surface area (TPSA) is 94.2 Å². The zero-order chi connectivity index (χ0) is 21.3. The quantitative estimate of drug-likeness (QED) is 0.635. The van der Waals surface area contributed by atoms with Crippen LogP contribution in [0.4, 0.5) is 10.5 Å². The van der Waals surface area contributed by atoms with Gasteiger partial charge in [-0.25, -0.2) is 0 Å². The van der Waals surface area contributed by atoms with E-state index in [0.29, 0.717) is 28.5 Å². The second-order valence-electron chi connectivity index (χ2n) is 6.27. The molecule has 1 fully saturated rings.